The Labute approximate surface area is 185 Å². The summed E-state index contributed by atoms with van der Waals surface area (Å²) in [5, 5.41) is 10.4. The summed E-state index contributed by atoms with van der Waals surface area (Å²) in [4.78, 5) is 14.4. The average Bonchev–Trinajstić information content (AvgIpc) is 3.17. The number of rotatable bonds is 7. The van der Waals surface area contributed by atoms with Crippen LogP contribution in [0.3, 0.4) is 0 Å². The number of fused-ring (bicyclic) bond motifs is 1. The Morgan fingerprint density at radius 2 is 1.94 bits per heavy atom. The van der Waals surface area contributed by atoms with E-state index in [0.29, 0.717) is 18.2 Å². The first kappa shape index (κ1) is 20.1. The van der Waals surface area contributed by atoms with Crippen molar-refractivity contribution < 1.29 is 4.52 Å². The van der Waals surface area contributed by atoms with E-state index in [1.54, 1.807) is 16.4 Å². The van der Waals surface area contributed by atoms with Crippen LogP contribution in [0.4, 0.5) is 0 Å². The normalized spacial score (nSPS) is 14.1. The average molecular weight is 432 g/mol. The van der Waals surface area contributed by atoms with Crippen molar-refractivity contribution in [2.75, 3.05) is 0 Å². The van der Waals surface area contributed by atoms with E-state index in [9.17, 15) is 4.79 Å². The molecule has 5 nitrogen and oxygen atoms in total. The van der Waals surface area contributed by atoms with Crippen molar-refractivity contribution in [3.63, 3.8) is 0 Å². The first-order valence-corrected chi connectivity index (χ1v) is 11.8. The molecule has 31 heavy (non-hydrogen) atoms. The topological polar surface area (TPSA) is 60.9 Å². The number of aryl methyl sites for hydroxylation is 1. The van der Waals surface area contributed by atoms with Gasteiger partial charge in [-0.05, 0) is 37.0 Å². The van der Waals surface area contributed by atoms with Crippen LogP contribution in [0.2, 0.25) is 0 Å². The molecule has 1 aliphatic rings. The van der Waals surface area contributed by atoms with Gasteiger partial charge in [0.2, 0.25) is 0 Å². The highest BCUT2D eigenvalue weighted by Gasteiger charge is 2.21. The van der Waals surface area contributed by atoms with Crippen molar-refractivity contribution in [2.24, 2.45) is 5.92 Å². The van der Waals surface area contributed by atoms with Gasteiger partial charge in [-0.1, -0.05) is 60.8 Å². The zero-order valence-corrected chi connectivity index (χ0v) is 18.4. The van der Waals surface area contributed by atoms with Gasteiger partial charge < -0.3 is 4.52 Å². The summed E-state index contributed by atoms with van der Waals surface area (Å²) in [6.07, 6.45) is 4.70. The highest BCUT2D eigenvalue weighted by molar-refractivity contribution is 7.98. The van der Waals surface area contributed by atoms with E-state index in [4.69, 9.17) is 9.62 Å². The second kappa shape index (κ2) is 8.71. The molecule has 0 N–H and O–H groups in total. The van der Waals surface area contributed by atoms with Crippen molar-refractivity contribution in [1.82, 2.24) is 14.9 Å². The lowest BCUT2D eigenvalue weighted by atomic mass is 9.81. The van der Waals surface area contributed by atoms with Gasteiger partial charge in [0.1, 0.15) is 6.54 Å². The molecular weight excluding hydrogens is 406 g/mol. The maximum absolute atomic E-state index is 13.3. The zero-order chi connectivity index (χ0) is 21.2. The Morgan fingerprint density at radius 3 is 2.65 bits per heavy atom. The fourth-order valence-corrected chi connectivity index (χ4v) is 4.92. The number of nitrogens with zero attached hydrogens (tertiary/aromatic N) is 3. The second-order valence-electron chi connectivity index (χ2n) is 8.33. The lowest BCUT2D eigenvalue weighted by Crippen LogP contribution is -2.26. The van der Waals surface area contributed by atoms with Crippen LogP contribution < -0.4 is 5.56 Å². The summed E-state index contributed by atoms with van der Waals surface area (Å²) in [6, 6.07) is 18.5. The monoisotopic (exact) mass is 431 g/mol. The van der Waals surface area contributed by atoms with Crippen LogP contribution in [0, 0.1) is 12.8 Å². The van der Waals surface area contributed by atoms with Crippen LogP contribution in [-0.4, -0.2) is 14.9 Å². The van der Waals surface area contributed by atoms with Crippen LogP contribution in [-0.2, 0) is 18.7 Å². The Bertz CT molecular complexity index is 1260. The third kappa shape index (κ3) is 4.44. The van der Waals surface area contributed by atoms with Gasteiger partial charge in [-0.15, -0.1) is 11.8 Å². The summed E-state index contributed by atoms with van der Waals surface area (Å²) in [6.45, 7) is 2.18. The molecule has 6 heteroatoms. The molecule has 1 aliphatic carbocycles. The van der Waals surface area contributed by atoms with Gasteiger partial charge in [-0.3, -0.25) is 4.79 Å². The van der Waals surface area contributed by atoms with E-state index >= 15 is 0 Å². The van der Waals surface area contributed by atoms with E-state index in [-0.39, 0.29) is 5.56 Å². The van der Waals surface area contributed by atoms with Gasteiger partial charge in [-0.25, -0.2) is 4.68 Å². The van der Waals surface area contributed by atoms with E-state index in [1.807, 2.05) is 25.1 Å². The van der Waals surface area contributed by atoms with Crippen molar-refractivity contribution in [1.29, 1.82) is 0 Å². The largest absolute Gasteiger partial charge is 0.359 e. The smallest absolute Gasteiger partial charge is 0.275 e. The highest BCUT2D eigenvalue weighted by atomic mass is 32.2. The van der Waals surface area contributed by atoms with Crippen molar-refractivity contribution >= 4 is 22.5 Å². The quantitative estimate of drug-likeness (QED) is 0.368. The third-order valence-electron chi connectivity index (χ3n) is 5.95. The van der Waals surface area contributed by atoms with Gasteiger partial charge in [-0.2, -0.15) is 5.10 Å². The van der Waals surface area contributed by atoms with E-state index in [2.05, 4.69) is 41.6 Å². The van der Waals surface area contributed by atoms with Crippen LogP contribution in [0.1, 0.15) is 42.0 Å². The second-order valence-corrected chi connectivity index (χ2v) is 9.38. The van der Waals surface area contributed by atoms with E-state index in [0.717, 1.165) is 39.2 Å². The maximum atomic E-state index is 13.3. The Kier molecular flexibility index (Phi) is 5.64. The van der Waals surface area contributed by atoms with E-state index in [1.165, 1.54) is 24.8 Å². The molecule has 1 saturated carbocycles. The Hall–Kier alpha value is -2.86. The molecule has 158 valence electrons. The first-order chi connectivity index (χ1) is 15.2. The summed E-state index contributed by atoms with van der Waals surface area (Å²) < 4.78 is 6.89. The fraction of sp³-hybridized carbons (Fsp3) is 0.320. The Balaban J connectivity index is 1.51. The van der Waals surface area contributed by atoms with Gasteiger partial charge in [0.15, 0.2) is 5.76 Å². The molecule has 1 fully saturated rings. The number of thioether (sulfide) groups is 1. The highest BCUT2D eigenvalue weighted by Crippen LogP contribution is 2.32. The zero-order valence-electron chi connectivity index (χ0n) is 17.6. The lowest BCUT2D eigenvalue weighted by Gasteiger charge is -2.25. The summed E-state index contributed by atoms with van der Waals surface area (Å²) in [5.74, 6) is 2.19. The lowest BCUT2D eigenvalue weighted by molar-refractivity contribution is 0.310. The molecular formula is C25H25N3O2S. The van der Waals surface area contributed by atoms with Gasteiger partial charge in [0.25, 0.3) is 5.56 Å². The van der Waals surface area contributed by atoms with Crippen molar-refractivity contribution in [3.8, 4) is 0 Å². The molecule has 5 rings (SSSR count). The molecule has 0 unspecified atom stereocenters. The molecule has 0 amide bonds. The number of hydrogen-bond donors (Lipinski definition) is 0. The van der Waals surface area contributed by atoms with Gasteiger partial charge in [0, 0.05) is 22.1 Å². The van der Waals surface area contributed by atoms with Crippen LogP contribution in [0.5, 0.6) is 0 Å². The predicted molar refractivity (Wildman–Crippen MR) is 123 cm³/mol. The Morgan fingerprint density at radius 1 is 1.10 bits per heavy atom. The molecule has 0 aliphatic heterocycles. The van der Waals surface area contributed by atoms with Gasteiger partial charge in [0.05, 0.1) is 16.8 Å². The maximum Gasteiger partial charge on any atom is 0.275 e. The van der Waals surface area contributed by atoms with Gasteiger partial charge >= 0.3 is 0 Å². The molecule has 2 aromatic heterocycles. The predicted octanol–water partition coefficient (Wildman–Crippen LogP) is 5.38. The van der Waals surface area contributed by atoms with Crippen LogP contribution in [0.15, 0.2) is 68.8 Å². The number of aromatic nitrogens is 3. The van der Waals surface area contributed by atoms with Crippen LogP contribution in [0.25, 0.3) is 10.8 Å². The summed E-state index contributed by atoms with van der Waals surface area (Å²) in [7, 11) is 0. The summed E-state index contributed by atoms with van der Waals surface area (Å²) >= 11 is 1.75. The van der Waals surface area contributed by atoms with Crippen molar-refractivity contribution in [2.45, 2.75) is 49.8 Å². The molecule has 4 aromatic rings. The minimum Gasteiger partial charge on any atom is -0.359 e. The van der Waals surface area contributed by atoms with Crippen molar-refractivity contribution in [3.05, 3.63) is 87.7 Å². The minimum atomic E-state index is -0.0800. The molecule has 0 saturated heterocycles. The first-order valence-electron chi connectivity index (χ1n) is 10.8. The summed E-state index contributed by atoms with van der Waals surface area (Å²) in [5.41, 5.74) is 3.00. The molecule has 0 atom stereocenters. The minimum absolute atomic E-state index is 0.0800. The number of benzene rings is 2. The van der Waals surface area contributed by atoms with Crippen LogP contribution >= 0.6 is 11.8 Å². The SMILES string of the molecule is Cc1cc(Cn2nc(CC3CCC3)c3ccc(SCc4ccccc4)cc3c2=O)on1. The molecule has 0 bridgehead atoms. The standard InChI is InChI=1S/C25H25N3O2S/c1-17-12-20(30-27-17)15-28-25(29)23-14-21(31-16-19-6-3-2-4-7-19)10-11-22(23)24(26-28)13-18-8-5-9-18/h2-4,6-7,10-12,14,18H,5,8-9,13,15-16H2,1H3. The fourth-order valence-electron chi connectivity index (χ4n) is 4.03. The molecule has 2 aromatic carbocycles. The number of hydrogen-bond acceptors (Lipinski definition) is 5. The third-order valence-corrected chi connectivity index (χ3v) is 7.01. The van der Waals surface area contributed by atoms with E-state index < -0.39 is 0 Å². The molecule has 0 radical (unpaired) electrons. The molecule has 2 heterocycles. The molecule has 0 spiro atoms.